The van der Waals surface area contributed by atoms with Crippen LogP contribution in [0.1, 0.15) is 29.9 Å². The number of anilines is 1. The van der Waals surface area contributed by atoms with E-state index in [0.29, 0.717) is 52.9 Å². The van der Waals surface area contributed by atoms with Gasteiger partial charge in [0.15, 0.2) is 5.16 Å². The normalized spacial score (nSPS) is 12.9. The van der Waals surface area contributed by atoms with Crippen molar-refractivity contribution in [2.45, 2.75) is 38.9 Å². The molecule has 8 nitrogen and oxygen atoms in total. The smallest absolute Gasteiger partial charge is 0.267 e. The molecule has 38 heavy (non-hydrogen) atoms. The molecule has 2 aromatic heterocycles. The average Bonchev–Trinajstić information content (AvgIpc) is 3.26. The molecular formula is C28H28N4O4S2. The van der Waals surface area contributed by atoms with Crippen molar-refractivity contribution in [3.05, 3.63) is 74.9 Å². The third-order valence-corrected chi connectivity index (χ3v) is 8.38. The second kappa shape index (κ2) is 11.0. The maximum absolute atomic E-state index is 14.0. The fraction of sp³-hybridized carbons (Fsp3) is 0.286. The Morgan fingerprint density at radius 1 is 1.18 bits per heavy atom. The van der Waals surface area contributed by atoms with Crippen molar-refractivity contribution >= 4 is 50.8 Å². The van der Waals surface area contributed by atoms with Crippen LogP contribution in [0.15, 0.2) is 58.5 Å². The van der Waals surface area contributed by atoms with E-state index in [-0.39, 0.29) is 23.1 Å². The molecule has 3 heterocycles. The van der Waals surface area contributed by atoms with Crippen molar-refractivity contribution in [2.24, 2.45) is 0 Å². The number of nitrogens with one attached hydrogen (secondary N) is 1. The SMILES string of the molecule is CCOc1ccc(-n2c(SCC(=O)Nc3cccc(C)c3)nc3sc4c(c3c2=O)CCN(C(C)=O)C4)cc1. The first-order chi connectivity index (χ1) is 18.3. The monoisotopic (exact) mass is 548 g/mol. The highest BCUT2D eigenvalue weighted by molar-refractivity contribution is 7.99. The number of benzene rings is 2. The van der Waals surface area contributed by atoms with E-state index in [9.17, 15) is 14.4 Å². The van der Waals surface area contributed by atoms with Crippen molar-refractivity contribution < 1.29 is 14.3 Å². The van der Waals surface area contributed by atoms with Crippen LogP contribution in [-0.4, -0.2) is 45.2 Å². The van der Waals surface area contributed by atoms with Gasteiger partial charge in [0.1, 0.15) is 10.6 Å². The van der Waals surface area contributed by atoms with Gasteiger partial charge in [-0.2, -0.15) is 0 Å². The first-order valence-corrected chi connectivity index (χ1v) is 14.2. The van der Waals surface area contributed by atoms with Gasteiger partial charge in [0, 0.05) is 24.0 Å². The van der Waals surface area contributed by atoms with Gasteiger partial charge < -0.3 is 15.0 Å². The highest BCUT2D eigenvalue weighted by atomic mass is 32.2. The van der Waals surface area contributed by atoms with E-state index in [1.54, 1.807) is 16.4 Å². The van der Waals surface area contributed by atoms with Gasteiger partial charge in [-0.05, 0) is 67.8 Å². The number of amides is 2. The maximum Gasteiger partial charge on any atom is 0.267 e. The number of carbonyl (C=O) groups excluding carboxylic acids is 2. The zero-order valence-corrected chi connectivity index (χ0v) is 23.1. The van der Waals surface area contributed by atoms with Crippen LogP contribution < -0.4 is 15.6 Å². The zero-order chi connectivity index (χ0) is 26.8. The van der Waals surface area contributed by atoms with Gasteiger partial charge in [0.25, 0.3) is 5.56 Å². The number of aromatic nitrogens is 2. The largest absolute Gasteiger partial charge is 0.494 e. The van der Waals surface area contributed by atoms with Crippen LogP contribution in [-0.2, 0) is 22.6 Å². The third-order valence-electron chi connectivity index (χ3n) is 6.33. The number of hydrogen-bond donors (Lipinski definition) is 1. The molecule has 2 aromatic carbocycles. The molecule has 0 aliphatic carbocycles. The summed E-state index contributed by atoms with van der Waals surface area (Å²) in [6.45, 7) is 7.05. The predicted octanol–water partition coefficient (Wildman–Crippen LogP) is 4.79. The van der Waals surface area contributed by atoms with Gasteiger partial charge in [0.2, 0.25) is 11.8 Å². The molecule has 0 unspecified atom stereocenters. The Balaban J connectivity index is 1.52. The van der Waals surface area contributed by atoms with Crippen LogP contribution in [0.4, 0.5) is 5.69 Å². The summed E-state index contributed by atoms with van der Waals surface area (Å²) in [6, 6.07) is 14.9. The van der Waals surface area contributed by atoms with Gasteiger partial charge in [-0.1, -0.05) is 23.9 Å². The second-order valence-corrected chi connectivity index (χ2v) is 11.1. The van der Waals surface area contributed by atoms with Crippen molar-refractivity contribution in [2.75, 3.05) is 24.2 Å². The van der Waals surface area contributed by atoms with E-state index in [4.69, 9.17) is 9.72 Å². The molecule has 0 saturated heterocycles. The summed E-state index contributed by atoms with van der Waals surface area (Å²) in [6.07, 6.45) is 0.612. The van der Waals surface area contributed by atoms with E-state index in [2.05, 4.69) is 5.32 Å². The minimum Gasteiger partial charge on any atom is -0.494 e. The van der Waals surface area contributed by atoms with Gasteiger partial charge in [0.05, 0.1) is 30.0 Å². The molecule has 0 fully saturated rings. The van der Waals surface area contributed by atoms with Crippen LogP contribution >= 0.6 is 23.1 Å². The van der Waals surface area contributed by atoms with Gasteiger partial charge in [-0.25, -0.2) is 4.98 Å². The summed E-state index contributed by atoms with van der Waals surface area (Å²) in [5, 5.41) is 3.95. The van der Waals surface area contributed by atoms with Gasteiger partial charge >= 0.3 is 0 Å². The van der Waals surface area contributed by atoms with E-state index < -0.39 is 0 Å². The molecule has 0 saturated carbocycles. The molecule has 2 amide bonds. The number of ether oxygens (including phenoxy) is 1. The third kappa shape index (κ3) is 5.32. The molecule has 196 valence electrons. The summed E-state index contributed by atoms with van der Waals surface area (Å²) in [4.78, 5) is 47.0. The molecule has 0 spiro atoms. The summed E-state index contributed by atoms with van der Waals surface area (Å²) in [7, 11) is 0. The fourth-order valence-corrected chi connectivity index (χ4v) is 6.61. The van der Waals surface area contributed by atoms with Crippen LogP contribution in [0.25, 0.3) is 15.9 Å². The lowest BCUT2D eigenvalue weighted by molar-refractivity contribution is -0.129. The summed E-state index contributed by atoms with van der Waals surface area (Å²) in [5.74, 6) is 0.633. The first-order valence-electron chi connectivity index (χ1n) is 12.4. The van der Waals surface area contributed by atoms with E-state index in [1.165, 1.54) is 23.1 Å². The Kier molecular flexibility index (Phi) is 7.53. The lowest BCUT2D eigenvalue weighted by atomic mass is 10.1. The Morgan fingerprint density at radius 3 is 2.68 bits per heavy atom. The number of carbonyl (C=O) groups is 2. The van der Waals surface area contributed by atoms with Gasteiger partial charge in [-0.3, -0.25) is 19.0 Å². The van der Waals surface area contributed by atoms with Crippen LogP contribution in [0.2, 0.25) is 0 Å². The number of aryl methyl sites for hydroxylation is 1. The Labute approximate surface area is 228 Å². The van der Waals surface area contributed by atoms with Crippen molar-refractivity contribution in [3.63, 3.8) is 0 Å². The lowest BCUT2D eigenvalue weighted by Gasteiger charge is -2.25. The Morgan fingerprint density at radius 2 is 1.97 bits per heavy atom. The predicted molar refractivity (Wildman–Crippen MR) is 152 cm³/mol. The van der Waals surface area contributed by atoms with E-state index in [1.807, 2.05) is 62.4 Å². The number of fused-ring (bicyclic) bond motifs is 3. The minimum atomic E-state index is -0.184. The zero-order valence-electron chi connectivity index (χ0n) is 21.4. The number of nitrogens with zero attached hydrogens (tertiary/aromatic N) is 3. The summed E-state index contributed by atoms with van der Waals surface area (Å²) >= 11 is 2.67. The lowest BCUT2D eigenvalue weighted by Crippen LogP contribution is -2.34. The quantitative estimate of drug-likeness (QED) is 0.264. The maximum atomic E-state index is 14.0. The van der Waals surface area contributed by atoms with E-state index in [0.717, 1.165) is 21.7 Å². The first kappa shape index (κ1) is 26.0. The number of hydrogen-bond acceptors (Lipinski definition) is 7. The van der Waals surface area contributed by atoms with Crippen molar-refractivity contribution in [1.29, 1.82) is 0 Å². The van der Waals surface area contributed by atoms with Crippen LogP contribution in [0, 0.1) is 6.92 Å². The van der Waals surface area contributed by atoms with Crippen molar-refractivity contribution in [3.8, 4) is 11.4 Å². The van der Waals surface area contributed by atoms with Crippen LogP contribution in [0.3, 0.4) is 0 Å². The molecule has 5 rings (SSSR count). The molecule has 10 heteroatoms. The van der Waals surface area contributed by atoms with Crippen LogP contribution in [0.5, 0.6) is 5.75 Å². The molecule has 4 aromatic rings. The average molecular weight is 549 g/mol. The molecular weight excluding hydrogens is 520 g/mol. The number of thiophene rings is 1. The molecule has 0 atom stereocenters. The second-order valence-electron chi connectivity index (χ2n) is 9.04. The molecule has 1 aliphatic rings. The fourth-order valence-electron chi connectivity index (χ4n) is 4.53. The standard InChI is InChI=1S/C28H28N4O4S2/c1-4-36-21-10-8-20(9-11-21)32-27(35)25-22-12-13-31(18(3)33)15-23(22)38-26(25)30-28(32)37-16-24(34)29-19-7-5-6-17(2)14-19/h5-11,14H,4,12-13,15-16H2,1-3H3,(H,29,34). The molecule has 0 radical (unpaired) electrons. The minimum absolute atomic E-state index is 0.0173. The Hall–Kier alpha value is -3.63. The van der Waals surface area contributed by atoms with Gasteiger partial charge in [-0.15, -0.1) is 11.3 Å². The van der Waals surface area contributed by atoms with Crippen molar-refractivity contribution in [1.82, 2.24) is 14.5 Å². The highest BCUT2D eigenvalue weighted by Crippen LogP contribution is 2.34. The number of rotatable bonds is 7. The molecule has 1 N–H and O–H groups in total. The summed E-state index contributed by atoms with van der Waals surface area (Å²) in [5.41, 5.74) is 3.22. The van der Waals surface area contributed by atoms with E-state index >= 15 is 0 Å². The Bertz CT molecular complexity index is 1580. The topological polar surface area (TPSA) is 93.5 Å². The molecule has 0 bridgehead atoms. The summed E-state index contributed by atoms with van der Waals surface area (Å²) < 4.78 is 7.15. The number of thioether (sulfide) groups is 1. The highest BCUT2D eigenvalue weighted by Gasteiger charge is 2.26. The molecule has 1 aliphatic heterocycles.